The van der Waals surface area contributed by atoms with Gasteiger partial charge in [0.1, 0.15) is 22.8 Å². The molecule has 0 radical (unpaired) electrons. The van der Waals surface area contributed by atoms with Crippen LogP contribution in [0.3, 0.4) is 0 Å². The van der Waals surface area contributed by atoms with E-state index in [1.54, 1.807) is 25.2 Å². The molecular weight excluding hydrogens is 592 g/mol. The average molecular weight is 643 g/mol. The monoisotopic (exact) mass is 642 g/mol. The van der Waals surface area contributed by atoms with Crippen LogP contribution in [0.1, 0.15) is 107 Å². The first-order valence-corrected chi connectivity index (χ1v) is 17.5. The molecular formula is C36H50N8O3. The molecule has 0 bridgehead atoms. The third-order valence-electron chi connectivity index (χ3n) is 10.8. The predicted octanol–water partition coefficient (Wildman–Crippen LogP) is 6.36. The summed E-state index contributed by atoms with van der Waals surface area (Å²) < 4.78 is 7.78. The quantitative estimate of drug-likeness (QED) is 0.318. The maximum absolute atomic E-state index is 13.0. The summed E-state index contributed by atoms with van der Waals surface area (Å²) in [5.74, 6) is 2.35. The van der Waals surface area contributed by atoms with E-state index in [9.17, 15) is 9.59 Å². The molecule has 2 aliphatic carbocycles. The van der Waals surface area contributed by atoms with E-state index in [0.29, 0.717) is 29.3 Å². The van der Waals surface area contributed by atoms with Crippen LogP contribution in [0.2, 0.25) is 0 Å². The van der Waals surface area contributed by atoms with E-state index < -0.39 is 5.60 Å². The van der Waals surface area contributed by atoms with Crippen molar-refractivity contribution in [1.29, 1.82) is 0 Å². The number of piperidine rings is 1. The van der Waals surface area contributed by atoms with Crippen molar-refractivity contribution in [3.63, 3.8) is 0 Å². The van der Waals surface area contributed by atoms with Crippen molar-refractivity contribution in [2.24, 2.45) is 5.92 Å². The van der Waals surface area contributed by atoms with Crippen LogP contribution in [-0.4, -0.2) is 97.6 Å². The summed E-state index contributed by atoms with van der Waals surface area (Å²) in [5, 5.41) is 4.18. The number of carbonyl (C=O) groups is 2. The molecule has 1 N–H and O–H groups in total. The van der Waals surface area contributed by atoms with E-state index in [1.807, 2.05) is 44.0 Å². The molecule has 1 spiro atoms. The van der Waals surface area contributed by atoms with Gasteiger partial charge in [-0.15, -0.1) is 0 Å². The summed E-state index contributed by atoms with van der Waals surface area (Å²) in [6.07, 6.45) is 13.7. The van der Waals surface area contributed by atoms with E-state index in [1.165, 1.54) is 18.4 Å². The first-order chi connectivity index (χ1) is 22.5. The second-order valence-electron chi connectivity index (χ2n) is 15.6. The number of rotatable bonds is 7. The normalized spacial score (nSPS) is 23.9. The van der Waals surface area contributed by atoms with Crippen LogP contribution in [0.15, 0.2) is 30.6 Å². The predicted molar refractivity (Wildman–Crippen MR) is 182 cm³/mol. The molecule has 0 atom stereocenters. The van der Waals surface area contributed by atoms with Crippen LogP contribution in [0.4, 0.5) is 16.6 Å². The fourth-order valence-electron chi connectivity index (χ4n) is 8.35. The number of aromatic nitrogens is 4. The maximum Gasteiger partial charge on any atom is 0.410 e. The third-order valence-corrected chi connectivity index (χ3v) is 10.8. The zero-order valence-electron chi connectivity index (χ0n) is 28.7. The minimum Gasteiger partial charge on any atom is -0.444 e. The number of carbonyl (C=O) groups excluding carboxylic acids is 2. The lowest BCUT2D eigenvalue weighted by Gasteiger charge is -2.61. The van der Waals surface area contributed by atoms with Crippen molar-refractivity contribution in [2.45, 2.75) is 102 Å². The van der Waals surface area contributed by atoms with Crippen LogP contribution < -0.4 is 5.32 Å². The van der Waals surface area contributed by atoms with Crippen LogP contribution in [0, 0.1) is 5.92 Å². The summed E-state index contributed by atoms with van der Waals surface area (Å²) in [6.45, 7) is 9.94. The van der Waals surface area contributed by atoms with Gasteiger partial charge in [0.2, 0.25) is 5.95 Å². The first-order valence-electron chi connectivity index (χ1n) is 17.5. The highest BCUT2D eigenvalue weighted by Crippen LogP contribution is 2.51. The van der Waals surface area contributed by atoms with Crippen molar-refractivity contribution in [2.75, 3.05) is 45.6 Å². The summed E-state index contributed by atoms with van der Waals surface area (Å²) >= 11 is 0. The molecule has 4 aliphatic rings. The Labute approximate surface area is 278 Å². The highest BCUT2D eigenvalue weighted by molar-refractivity contribution is 5.97. The fourth-order valence-corrected chi connectivity index (χ4v) is 8.35. The number of nitrogens with one attached hydrogen (secondary N) is 1. The minimum atomic E-state index is -0.446. The van der Waals surface area contributed by atoms with Crippen LogP contribution in [0.5, 0.6) is 0 Å². The zero-order valence-corrected chi connectivity index (χ0v) is 28.7. The molecule has 252 valence electrons. The molecule has 11 nitrogen and oxygen atoms in total. The van der Waals surface area contributed by atoms with Gasteiger partial charge in [0.25, 0.3) is 5.91 Å². The lowest BCUT2D eigenvalue weighted by molar-refractivity contribution is -0.108. The van der Waals surface area contributed by atoms with Gasteiger partial charge in [0.15, 0.2) is 0 Å². The Hall–Kier alpha value is -3.73. The number of nitrogens with zero attached hydrogens (tertiary/aromatic N) is 7. The molecule has 3 aromatic rings. The molecule has 47 heavy (non-hydrogen) atoms. The van der Waals surface area contributed by atoms with Crippen molar-refractivity contribution in [3.05, 3.63) is 41.9 Å². The summed E-state index contributed by atoms with van der Waals surface area (Å²) in [6, 6.07) is 6.41. The molecule has 2 saturated heterocycles. The number of amides is 2. The molecule has 4 fully saturated rings. The Morgan fingerprint density at radius 2 is 1.77 bits per heavy atom. The number of hydrogen-bond donors (Lipinski definition) is 1. The van der Waals surface area contributed by atoms with Gasteiger partial charge >= 0.3 is 6.09 Å². The first kappa shape index (κ1) is 31.8. The molecule has 0 aromatic carbocycles. The topological polar surface area (TPSA) is 109 Å². The highest BCUT2D eigenvalue weighted by atomic mass is 16.6. The van der Waals surface area contributed by atoms with Crippen LogP contribution in [-0.2, 0) is 4.74 Å². The Morgan fingerprint density at radius 1 is 1.02 bits per heavy atom. The van der Waals surface area contributed by atoms with Gasteiger partial charge < -0.3 is 29.3 Å². The third kappa shape index (κ3) is 6.43. The molecule has 2 saturated carbocycles. The van der Waals surface area contributed by atoms with Crippen molar-refractivity contribution < 1.29 is 14.3 Å². The largest absolute Gasteiger partial charge is 0.444 e. The van der Waals surface area contributed by atoms with Crippen LogP contribution >= 0.6 is 0 Å². The zero-order chi connectivity index (χ0) is 32.9. The standard InChI is InChI=1S/C36H50N8O3/c1-35(2,3)47-34(46)43-17-14-36(43)19-24(20-36)23-42-15-12-25(13-16-42)26-10-11-30(37-21-26)39-33-38-22-27-18-29(32(45)41(4)5)44(31(27)40-33)28-8-6-7-9-28/h10-11,18,21-22,24-25,28H,6-9,12-17,19-20,23H2,1-5H3,(H,37,38,39,40). The number of anilines is 2. The average Bonchev–Trinajstić information content (AvgIpc) is 3.65. The van der Waals surface area contributed by atoms with Gasteiger partial charge in [-0.25, -0.2) is 14.8 Å². The Morgan fingerprint density at radius 3 is 2.38 bits per heavy atom. The van der Waals surface area contributed by atoms with Gasteiger partial charge in [0, 0.05) is 56.5 Å². The lowest BCUT2D eigenvalue weighted by atomic mass is 9.61. The minimum absolute atomic E-state index is 0.00998. The second-order valence-corrected chi connectivity index (χ2v) is 15.6. The van der Waals surface area contributed by atoms with E-state index in [4.69, 9.17) is 14.7 Å². The van der Waals surface area contributed by atoms with Gasteiger partial charge in [-0.1, -0.05) is 18.9 Å². The van der Waals surface area contributed by atoms with E-state index >= 15 is 0 Å². The summed E-state index contributed by atoms with van der Waals surface area (Å²) in [7, 11) is 3.58. The van der Waals surface area contributed by atoms with Crippen molar-refractivity contribution in [3.8, 4) is 0 Å². The summed E-state index contributed by atoms with van der Waals surface area (Å²) in [4.78, 5) is 46.1. The van der Waals surface area contributed by atoms with Crippen molar-refractivity contribution in [1.82, 2.24) is 34.2 Å². The Bertz CT molecular complexity index is 1610. The van der Waals surface area contributed by atoms with Crippen molar-refractivity contribution >= 4 is 34.8 Å². The number of likely N-dealkylation sites (tertiary alicyclic amines) is 2. The number of fused-ring (bicyclic) bond motifs is 1. The second kappa shape index (κ2) is 12.4. The maximum atomic E-state index is 13.0. The van der Waals surface area contributed by atoms with E-state index in [2.05, 4.69) is 25.8 Å². The molecule has 2 amide bonds. The smallest absolute Gasteiger partial charge is 0.410 e. The molecule has 7 rings (SSSR count). The Balaban J connectivity index is 0.926. The Kier molecular flexibility index (Phi) is 8.39. The SMILES string of the molecule is CN(C)C(=O)c1cc2cnc(Nc3ccc(C4CCN(CC5CC6(CCN6C(=O)OC(C)(C)C)C5)CC4)cn3)nc2n1C1CCCC1. The highest BCUT2D eigenvalue weighted by Gasteiger charge is 2.56. The van der Waals surface area contributed by atoms with E-state index in [-0.39, 0.29) is 23.6 Å². The summed E-state index contributed by atoms with van der Waals surface area (Å²) in [5.41, 5.74) is 2.36. The number of pyridine rings is 1. The molecule has 2 aliphatic heterocycles. The van der Waals surface area contributed by atoms with Gasteiger partial charge in [-0.2, -0.15) is 4.98 Å². The molecule has 3 aromatic heterocycles. The fraction of sp³-hybridized carbons (Fsp3) is 0.639. The van der Waals surface area contributed by atoms with Gasteiger partial charge in [-0.05, 0) is 108 Å². The van der Waals surface area contributed by atoms with E-state index in [0.717, 1.165) is 82.2 Å². The lowest BCUT2D eigenvalue weighted by Crippen LogP contribution is -2.69. The number of ether oxygens (including phenoxy) is 1. The van der Waals surface area contributed by atoms with Gasteiger partial charge in [0.05, 0.1) is 0 Å². The number of hydrogen-bond acceptors (Lipinski definition) is 8. The molecule has 0 unspecified atom stereocenters. The molecule has 11 heteroatoms. The molecule has 5 heterocycles. The van der Waals surface area contributed by atoms with Crippen LogP contribution in [0.25, 0.3) is 11.0 Å². The van der Waals surface area contributed by atoms with Gasteiger partial charge in [-0.3, -0.25) is 4.79 Å².